The van der Waals surface area contributed by atoms with Gasteiger partial charge in [-0.25, -0.2) is 0 Å². The van der Waals surface area contributed by atoms with Crippen LogP contribution >= 0.6 is 20.2 Å². The SMILES string of the molecule is CCCc1ccn([C](n2ccc(CCC)n2)(n2ccc(CCC)n2)[Mn]([Cl])[Cl])n1. The normalized spacial score (nSPS) is 12.5. The van der Waals surface area contributed by atoms with Crippen molar-refractivity contribution in [1.82, 2.24) is 29.3 Å². The van der Waals surface area contributed by atoms with Crippen molar-refractivity contribution in [3.05, 3.63) is 53.9 Å². The first-order chi connectivity index (χ1) is 13.6. The summed E-state index contributed by atoms with van der Waals surface area (Å²) in [6.07, 6.45) is 11.6. The van der Waals surface area contributed by atoms with E-state index < -0.39 is 16.8 Å². The predicted molar refractivity (Wildman–Crippen MR) is 109 cm³/mol. The number of aryl methyl sites for hydroxylation is 3. The molecule has 0 aromatic carbocycles. The van der Waals surface area contributed by atoms with Gasteiger partial charge in [-0.05, 0) is 0 Å². The molecule has 0 atom stereocenters. The zero-order valence-electron chi connectivity index (χ0n) is 16.5. The van der Waals surface area contributed by atoms with Crippen LogP contribution in [0.15, 0.2) is 36.8 Å². The van der Waals surface area contributed by atoms with E-state index in [2.05, 4.69) is 20.8 Å². The number of nitrogens with zero attached hydrogens (tertiary/aromatic N) is 6. The van der Waals surface area contributed by atoms with E-state index in [4.69, 9.17) is 35.5 Å². The van der Waals surface area contributed by atoms with Gasteiger partial charge in [0.05, 0.1) is 0 Å². The van der Waals surface area contributed by atoms with Gasteiger partial charge in [-0.15, -0.1) is 0 Å². The minimum atomic E-state index is -2.07. The molecule has 28 heavy (non-hydrogen) atoms. The second-order valence-corrected chi connectivity index (χ2v) is 11.1. The van der Waals surface area contributed by atoms with E-state index in [0.29, 0.717) is 0 Å². The molecule has 0 aliphatic rings. The van der Waals surface area contributed by atoms with Crippen molar-refractivity contribution < 1.29 is 12.1 Å². The molecule has 3 aromatic rings. The van der Waals surface area contributed by atoms with E-state index in [-0.39, 0.29) is 0 Å². The summed E-state index contributed by atoms with van der Waals surface area (Å²) in [6, 6.07) is 6.05. The molecule has 0 unspecified atom stereocenters. The van der Waals surface area contributed by atoms with Crippen molar-refractivity contribution in [2.24, 2.45) is 0 Å². The first kappa shape index (κ1) is 21.4. The molecular weight excluding hydrogens is 438 g/mol. The van der Waals surface area contributed by atoms with Gasteiger partial charge in [0.2, 0.25) is 0 Å². The Bertz CT molecular complexity index is 777. The molecule has 3 heterocycles. The van der Waals surface area contributed by atoms with Gasteiger partial charge in [-0.1, -0.05) is 0 Å². The van der Waals surface area contributed by atoms with Crippen LogP contribution < -0.4 is 0 Å². The van der Waals surface area contributed by atoms with E-state index in [1.165, 1.54) is 0 Å². The molecule has 3 rings (SSSR count). The topological polar surface area (TPSA) is 53.5 Å². The van der Waals surface area contributed by atoms with Gasteiger partial charge in [0.25, 0.3) is 0 Å². The summed E-state index contributed by atoms with van der Waals surface area (Å²) in [6.45, 7) is 6.42. The average Bonchev–Trinajstić information content (AvgIpc) is 3.40. The molecule has 0 aliphatic carbocycles. The Morgan fingerprint density at radius 1 is 0.714 bits per heavy atom. The molecule has 9 heteroatoms. The monoisotopic (exact) mass is 464 g/mol. The predicted octanol–water partition coefficient (Wildman–Crippen LogP) is 4.72. The quantitative estimate of drug-likeness (QED) is 0.407. The molecule has 154 valence electrons. The van der Waals surface area contributed by atoms with Crippen LogP contribution in [-0.4, -0.2) is 29.3 Å². The number of hydrogen-bond acceptors (Lipinski definition) is 3. The van der Waals surface area contributed by atoms with E-state index in [1.54, 1.807) is 0 Å². The van der Waals surface area contributed by atoms with Crippen LogP contribution in [0.25, 0.3) is 0 Å². The van der Waals surface area contributed by atoms with Crippen LogP contribution in [-0.2, 0) is 36.0 Å². The average molecular weight is 465 g/mol. The van der Waals surface area contributed by atoms with E-state index in [9.17, 15) is 0 Å². The number of rotatable bonds is 10. The van der Waals surface area contributed by atoms with Crippen LogP contribution in [0.4, 0.5) is 0 Å². The number of hydrogen-bond donors (Lipinski definition) is 0. The van der Waals surface area contributed by atoms with Gasteiger partial charge in [0.1, 0.15) is 0 Å². The zero-order valence-corrected chi connectivity index (χ0v) is 19.2. The maximum absolute atomic E-state index is 6.75. The number of halogens is 2. The fourth-order valence-electron chi connectivity index (χ4n) is 3.24. The van der Waals surface area contributed by atoms with E-state index in [0.717, 1.165) is 55.6 Å². The molecule has 3 aromatic heterocycles. The molecule has 6 nitrogen and oxygen atoms in total. The molecule has 0 saturated carbocycles. The summed E-state index contributed by atoms with van der Waals surface area (Å²) in [5.41, 5.74) is 3.02. The van der Waals surface area contributed by atoms with Crippen LogP contribution in [0.3, 0.4) is 0 Å². The minimum absolute atomic E-state index is 0.899. The standard InChI is InChI=1S/C19H27N6.2ClH.Mn/c1-4-7-16-10-13-23(20-16)19(24-14-11-17(21-24)8-5-2)25-15-12-18(22-25)9-6-3;;;/h10-15H,4-9H2,1-3H3;2*1H;/q;;;+2/p-2. The second-order valence-electron chi connectivity index (χ2n) is 6.76. The molecule has 0 radical (unpaired) electrons. The first-order valence-electron chi connectivity index (χ1n) is 9.74. The van der Waals surface area contributed by atoms with Crippen molar-refractivity contribution in [1.29, 1.82) is 0 Å². The molecule has 0 amide bonds. The summed E-state index contributed by atoms with van der Waals surface area (Å²) in [5, 5.41) is 14.4. The Morgan fingerprint density at radius 2 is 1.04 bits per heavy atom. The van der Waals surface area contributed by atoms with Gasteiger partial charge in [0.15, 0.2) is 0 Å². The van der Waals surface area contributed by atoms with E-state index in [1.807, 2.05) is 50.8 Å². The molecule has 0 N–H and O–H groups in total. The van der Waals surface area contributed by atoms with Crippen molar-refractivity contribution in [2.45, 2.75) is 64.0 Å². The fourth-order valence-corrected chi connectivity index (χ4v) is 5.91. The Morgan fingerprint density at radius 3 is 1.29 bits per heavy atom. The summed E-state index contributed by atoms with van der Waals surface area (Å²) in [5.74, 6) is 0. The summed E-state index contributed by atoms with van der Waals surface area (Å²) < 4.78 is 4.48. The summed E-state index contributed by atoms with van der Waals surface area (Å²) in [4.78, 5) is 0. The second kappa shape index (κ2) is 9.49. The molecule has 0 saturated heterocycles. The van der Waals surface area contributed by atoms with Crippen LogP contribution in [0.5, 0.6) is 0 Å². The van der Waals surface area contributed by atoms with Crippen LogP contribution in [0.2, 0.25) is 0 Å². The fraction of sp³-hybridized carbons (Fsp3) is 0.526. The Kier molecular flexibility index (Phi) is 7.26. The Balaban J connectivity index is 2.18. The van der Waals surface area contributed by atoms with Gasteiger partial charge < -0.3 is 0 Å². The van der Waals surface area contributed by atoms with Crippen LogP contribution in [0.1, 0.15) is 57.1 Å². The summed E-state index contributed by atoms with van der Waals surface area (Å²) in [7, 11) is 13.5. The summed E-state index contributed by atoms with van der Waals surface area (Å²) >= 11 is -2.07. The van der Waals surface area contributed by atoms with Gasteiger partial charge in [-0.3, -0.25) is 0 Å². The van der Waals surface area contributed by atoms with Crippen molar-refractivity contribution in [2.75, 3.05) is 0 Å². The van der Waals surface area contributed by atoms with Gasteiger partial charge >= 0.3 is 179 Å². The molecular formula is C19H27Cl2MnN6. The van der Waals surface area contributed by atoms with Gasteiger partial charge in [0, 0.05) is 0 Å². The van der Waals surface area contributed by atoms with E-state index >= 15 is 0 Å². The van der Waals surface area contributed by atoms with Crippen molar-refractivity contribution >= 4 is 20.2 Å². The molecule has 0 aliphatic heterocycles. The third kappa shape index (κ3) is 4.04. The molecule has 0 spiro atoms. The van der Waals surface area contributed by atoms with Crippen molar-refractivity contribution in [3.63, 3.8) is 0 Å². The van der Waals surface area contributed by atoms with Crippen molar-refractivity contribution in [3.8, 4) is 0 Å². The third-order valence-electron chi connectivity index (χ3n) is 4.52. The number of aromatic nitrogens is 6. The first-order valence-corrected chi connectivity index (χ1v) is 13.6. The third-order valence-corrected chi connectivity index (χ3v) is 7.51. The van der Waals surface area contributed by atoms with Gasteiger partial charge in [-0.2, -0.15) is 0 Å². The maximum atomic E-state index is 6.75. The Labute approximate surface area is 179 Å². The Hall–Kier alpha value is -1.27. The molecule has 0 fully saturated rings. The van der Waals surface area contributed by atoms with Crippen LogP contribution in [0, 0.1) is 0 Å². The molecule has 0 bridgehead atoms. The zero-order chi connectivity index (χ0) is 20.1.